The smallest absolute Gasteiger partial charge is 0.326 e. The minimum absolute atomic E-state index is 0.00498. The summed E-state index contributed by atoms with van der Waals surface area (Å²) in [5.41, 5.74) is 11.3. The normalized spacial score (nSPS) is 13.5. The van der Waals surface area contributed by atoms with Gasteiger partial charge in [-0.25, -0.2) is 4.79 Å². The second-order valence-electron chi connectivity index (χ2n) is 7.88. The zero-order chi connectivity index (χ0) is 25.1. The van der Waals surface area contributed by atoms with Crippen LogP contribution in [0.2, 0.25) is 0 Å². The number of amides is 4. The zero-order valence-electron chi connectivity index (χ0n) is 18.5. The van der Waals surface area contributed by atoms with Crippen molar-refractivity contribution in [3.63, 3.8) is 0 Å². The van der Waals surface area contributed by atoms with Gasteiger partial charge in [-0.15, -0.1) is 0 Å². The van der Waals surface area contributed by atoms with Crippen LogP contribution in [0.3, 0.4) is 0 Å². The molecule has 3 atom stereocenters. The Morgan fingerprint density at radius 1 is 0.970 bits per heavy atom. The van der Waals surface area contributed by atoms with Crippen molar-refractivity contribution in [2.75, 3.05) is 6.54 Å². The Kier molecular flexibility index (Phi) is 10.8. The van der Waals surface area contributed by atoms with Crippen molar-refractivity contribution in [3.05, 3.63) is 29.8 Å². The first-order valence-electron chi connectivity index (χ1n) is 10.3. The minimum atomic E-state index is -1.40. The predicted octanol–water partition coefficient (Wildman–Crippen LogP) is -1.65. The lowest BCUT2D eigenvalue weighted by atomic mass is 10.0. The number of hydrogen-bond acceptors (Lipinski definition) is 7. The van der Waals surface area contributed by atoms with E-state index in [2.05, 4.69) is 16.0 Å². The molecule has 0 aliphatic carbocycles. The maximum absolute atomic E-state index is 12.8. The quantitative estimate of drug-likeness (QED) is 0.179. The molecule has 9 N–H and O–H groups in total. The van der Waals surface area contributed by atoms with Gasteiger partial charge in [0.15, 0.2) is 0 Å². The van der Waals surface area contributed by atoms with Crippen molar-refractivity contribution >= 4 is 29.6 Å². The highest BCUT2D eigenvalue weighted by molar-refractivity contribution is 5.92. The van der Waals surface area contributed by atoms with Gasteiger partial charge in [-0.05, 0) is 30.0 Å². The third-order valence-electron chi connectivity index (χ3n) is 4.77. The Bertz CT molecular complexity index is 857. The summed E-state index contributed by atoms with van der Waals surface area (Å²) < 4.78 is 0. The number of hydrogen-bond donors (Lipinski definition) is 7. The second-order valence-corrected chi connectivity index (χ2v) is 7.88. The van der Waals surface area contributed by atoms with Gasteiger partial charge in [0, 0.05) is 12.8 Å². The van der Waals surface area contributed by atoms with Gasteiger partial charge in [-0.1, -0.05) is 26.0 Å². The minimum Gasteiger partial charge on any atom is -0.508 e. The molecular formula is C21H31N5O7. The Morgan fingerprint density at radius 3 is 2.09 bits per heavy atom. The van der Waals surface area contributed by atoms with Crippen LogP contribution in [-0.4, -0.2) is 64.5 Å². The van der Waals surface area contributed by atoms with Gasteiger partial charge in [-0.3, -0.25) is 19.2 Å². The summed E-state index contributed by atoms with van der Waals surface area (Å²) >= 11 is 0. The Balaban J connectivity index is 2.91. The number of primary amides is 1. The molecule has 0 aliphatic rings. The summed E-state index contributed by atoms with van der Waals surface area (Å²) in [6.07, 6.45) is -0.507. The summed E-state index contributed by atoms with van der Waals surface area (Å²) in [5.74, 6) is -4.26. The first kappa shape index (κ1) is 27.4. The molecule has 0 heterocycles. The van der Waals surface area contributed by atoms with Gasteiger partial charge >= 0.3 is 5.97 Å². The van der Waals surface area contributed by atoms with Crippen LogP contribution in [0, 0.1) is 5.92 Å². The molecule has 1 rings (SSSR count). The van der Waals surface area contributed by atoms with Crippen molar-refractivity contribution in [3.8, 4) is 5.75 Å². The number of rotatable bonds is 13. The van der Waals surface area contributed by atoms with E-state index in [1.54, 1.807) is 13.8 Å². The molecule has 0 saturated carbocycles. The Morgan fingerprint density at radius 2 is 1.58 bits per heavy atom. The topological polar surface area (TPSA) is 214 Å². The fraction of sp³-hybridized carbons (Fsp3) is 0.476. The molecule has 182 valence electrons. The van der Waals surface area contributed by atoms with E-state index in [0.717, 1.165) is 0 Å². The van der Waals surface area contributed by atoms with Crippen LogP contribution in [0.25, 0.3) is 0 Å². The summed E-state index contributed by atoms with van der Waals surface area (Å²) in [6.45, 7) is 3.06. The molecule has 12 nitrogen and oxygen atoms in total. The Labute approximate surface area is 191 Å². The molecule has 0 bridgehead atoms. The van der Waals surface area contributed by atoms with Crippen molar-refractivity contribution in [1.82, 2.24) is 16.0 Å². The van der Waals surface area contributed by atoms with Gasteiger partial charge in [-0.2, -0.15) is 0 Å². The monoisotopic (exact) mass is 465 g/mol. The zero-order valence-corrected chi connectivity index (χ0v) is 18.5. The number of aromatic hydroxyl groups is 1. The molecule has 0 saturated heterocycles. The van der Waals surface area contributed by atoms with E-state index in [9.17, 15) is 34.2 Å². The first-order valence-corrected chi connectivity index (χ1v) is 10.3. The predicted molar refractivity (Wildman–Crippen MR) is 118 cm³/mol. The lowest BCUT2D eigenvalue weighted by Gasteiger charge is -2.22. The lowest BCUT2D eigenvalue weighted by Crippen LogP contribution is -2.54. The highest BCUT2D eigenvalue weighted by atomic mass is 16.4. The maximum atomic E-state index is 12.8. The van der Waals surface area contributed by atoms with Crippen molar-refractivity contribution in [1.29, 1.82) is 0 Å². The van der Waals surface area contributed by atoms with E-state index < -0.39 is 54.3 Å². The van der Waals surface area contributed by atoms with Gasteiger partial charge in [0.25, 0.3) is 0 Å². The molecule has 4 amide bonds. The van der Waals surface area contributed by atoms with Crippen LogP contribution in [0.1, 0.15) is 32.3 Å². The molecule has 3 unspecified atom stereocenters. The SMILES string of the molecule is CC(C)C(N)C(=O)NCC(=O)NC(Cc1ccc(O)cc1)C(=O)NC(CCC(N)=O)C(=O)O. The van der Waals surface area contributed by atoms with Gasteiger partial charge in [0.1, 0.15) is 17.8 Å². The third-order valence-corrected chi connectivity index (χ3v) is 4.77. The third kappa shape index (κ3) is 9.99. The molecule has 33 heavy (non-hydrogen) atoms. The number of carbonyl (C=O) groups is 5. The Hall–Kier alpha value is -3.67. The van der Waals surface area contributed by atoms with Crippen molar-refractivity contribution in [2.24, 2.45) is 17.4 Å². The molecule has 0 fully saturated rings. The summed E-state index contributed by atoms with van der Waals surface area (Å²) in [7, 11) is 0. The van der Waals surface area contributed by atoms with Crippen LogP contribution >= 0.6 is 0 Å². The molecule has 1 aromatic carbocycles. The molecule has 0 aliphatic heterocycles. The number of carboxylic acid groups (broad SMARTS) is 1. The fourth-order valence-electron chi connectivity index (χ4n) is 2.73. The number of benzene rings is 1. The summed E-state index contributed by atoms with van der Waals surface area (Å²) in [6, 6.07) is 2.45. The van der Waals surface area contributed by atoms with E-state index in [4.69, 9.17) is 11.5 Å². The van der Waals surface area contributed by atoms with Crippen molar-refractivity contribution in [2.45, 2.75) is 51.2 Å². The summed E-state index contributed by atoms with van der Waals surface area (Å²) in [5, 5.41) is 25.9. The van der Waals surface area contributed by atoms with Crippen LogP contribution < -0.4 is 27.4 Å². The van der Waals surface area contributed by atoms with Gasteiger partial charge in [0.2, 0.25) is 23.6 Å². The standard InChI is InChI=1S/C21H31N5O7/c1-11(2)18(23)20(31)24-10-17(29)25-15(9-12-3-5-13(27)6-4-12)19(30)26-14(21(32)33)7-8-16(22)28/h3-6,11,14-15,18,27H,7-10,23H2,1-2H3,(H2,22,28)(H,24,31)(H,25,29)(H,26,30)(H,32,33). The molecular weight excluding hydrogens is 434 g/mol. The number of aliphatic carboxylic acids is 1. The van der Waals surface area contributed by atoms with Crippen LogP contribution in [0.5, 0.6) is 5.75 Å². The van der Waals surface area contributed by atoms with Crippen molar-refractivity contribution < 1.29 is 34.2 Å². The second kappa shape index (κ2) is 13.0. The lowest BCUT2D eigenvalue weighted by molar-refractivity contribution is -0.142. The van der Waals surface area contributed by atoms with Crippen LogP contribution in [-0.2, 0) is 30.4 Å². The number of nitrogens with one attached hydrogen (secondary N) is 3. The maximum Gasteiger partial charge on any atom is 0.326 e. The molecule has 12 heteroatoms. The van der Waals surface area contributed by atoms with E-state index >= 15 is 0 Å². The summed E-state index contributed by atoms with van der Waals surface area (Å²) in [4.78, 5) is 59.5. The molecule has 0 radical (unpaired) electrons. The first-order chi connectivity index (χ1) is 15.4. The number of nitrogens with two attached hydrogens (primary N) is 2. The van der Waals surface area contributed by atoms with E-state index in [-0.39, 0.29) is 30.9 Å². The van der Waals surface area contributed by atoms with Gasteiger partial charge in [0.05, 0.1) is 12.6 Å². The van der Waals surface area contributed by atoms with Crippen LogP contribution in [0.4, 0.5) is 0 Å². The van der Waals surface area contributed by atoms with Crippen LogP contribution in [0.15, 0.2) is 24.3 Å². The molecule has 0 aromatic heterocycles. The largest absolute Gasteiger partial charge is 0.508 e. The fourth-order valence-corrected chi connectivity index (χ4v) is 2.73. The van der Waals surface area contributed by atoms with E-state index in [0.29, 0.717) is 5.56 Å². The number of phenols is 1. The number of carbonyl (C=O) groups excluding carboxylic acids is 4. The molecule has 0 spiro atoms. The highest BCUT2D eigenvalue weighted by Gasteiger charge is 2.27. The van der Waals surface area contributed by atoms with Gasteiger partial charge < -0.3 is 37.6 Å². The number of phenolic OH excluding ortho intramolecular Hbond substituents is 1. The number of carboxylic acids is 1. The molecule has 1 aromatic rings. The highest BCUT2D eigenvalue weighted by Crippen LogP contribution is 2.12. The van der Waals surface area contributed by atoms with E-state index in [1.807, 2.05) is 0 Å². The average Bonchev–Trinajstić information content (AvgIpc) is 2.74. The average molecular weight is 466 g/mol. The van der Waals surface area contributed by atoms with E-state index in [1.165, 1.54) is 24.3 Å².